The SMILES string of the molecule is O=C1NC(=O)C(c2ccc(Cl)cc2)C1=Nc1ccc(C(=O)c2ccccc2)cc1. The Morgan fingerprint density at radius 2 is 1.45 bits per heavy atom. The maximum absolute atomic E-state index is 12.5. The summed E-state index contributed by atoms with van der Waals surface area (Å²) in [6.45, 7) is 0. The average Bonchev–Trinajstić information content (AvgIpc) is 3.02. The molecule has 1 saturated heterocycles. The first-order chi connectivity index (χ1) is 14.0. The molecule has 0 radical (unpaired) electrons. The highest BCUT2D eigenvalue weighted by atomic mass is 35.5. The minimum Gasteiger partial charge on any atom is -0.290 e. The van der Waals surface area contributed by atoms with Gasteiger partial charge in [0.25, 0.3) is 5.91 Å². The van der Waals surface area contributed by atoms with E-state index in [1.807, 2.05) is 6.07 Å². The molecule has 0 saturated carbocycles. The highest BCUT2D eigenvalue weighted by Gasteiger charge is 2.39. The molecule has 1 N–H and O–H groups in total. The zero-order valence-corrected chi connectivity index (χ0v) is 15.9. The van der Waals surface area contributed by atoms with Crippen molar-refractivity contribution in [3.8, 4) is 0 Å². The van der Waals surface area contributed by atoms with Crippen LogP contribution in [0.15, 0.2) is 83.9 Å². The van der Waals surface area contributed by atoms with Crippen molar-refractivity contribution in [2.45, 2.75) is 5.92 Å². The summed E-state index contributed by atoms with van der Waals surface area (Å²) in [7, 11) is 0. The molecule has 0 aromatic heterocycles. The Labute approximate surface area is 172 Å². The molecule has 6 heteroatoms. The lowest BCUT2D eigenvalue weighted by atomic mass is 9.96. The van der Waals surface area contributed by atoms with Gasteiger partial charge >= 0.3 is 0 Å². The van der Waals surface area contributed by atoms with Crippen LogP contribution < -0.4 is 5.32 Å². The highest BCUT2D eigenvalue weighted by Crippen LogP contribution is 2.27. The maximum Gasteiger partial charge on any atom is 0.273 e. The number of halogens is 1. The summed E-state index contributed by atoms with van der Waals surface area (Å²) < 4.78 is 0. The van der Waals surface area contributed by atoms with E-state index >= 15 is 0 Å². The molecule has 3 aromatic rings. The molecule has 5 nitrogen and oxygen atoms in total. The fraction of sp³-hybridized carbons (Fsp3) is 0.0435. The molecule has 1 unspecified atom stereocenters. The van der Waals surface area contributed by atoms with Gasteiger partial charge in [0, 0.05) is 16.1 Å². The number of ketones is 1. The van der Waals surface area contributed by atoms with Gasteiger partial charge < -0.3 is 0 Å². The molecule has 1 aliphatic heterocycles. The lowest BCUT2D eigenvalue weighted by molar-refractivity contribution is -0.124. The van der Waals surface area contributed by atoms with Crippen molar-refractivity contribution in [3.05, 3.63) is 101 Å². The molecule has 29 heavy (non-hydrogen) atoms. The summed E-state index contributed by atoms with van der Waals surface area (Å²) >= 11 is 5.91. The molecule has 1 aliphatic rings. The van der Waals surface area contributed by atoms with Crippen LogP contribution in [-0.2, 0) is 9.59 Å². The van der Waals surface area contributed by atoms with E-state index in [0.717, 1.165) is 0 Å². The lowest BCUT2D eigenvalue weighted by Gasteiger charge is -2.08. The Morgan fingerprint density at radius 1 is 0.828 bits per heavy atom. The average molecular weight is 403 g/mol. The van der Waals surface area contributed by atoms with Crippen molar-refractivity contribution >= 4 is 40.6 Å². The van der Waals surface area contributed by atoms with Crippen LogP contribution in [0, 0.1) is 0 Å². The molecule has 0 aliphatic carbocycles. The number of carbonyl (C=O) groups is 3. The number of nitrogens with one attached hydrogen (secondary N) is 1. The van der Waals surface area contributed by atoms with Crippen LogP contribution in [0.2, 0.25) is 5.02 Å². The Hall–Kier alpha value is -3.57. The van der Waals surface area contributed by atoms with Crippen LogP contribution in [0.3, 0.4) is 0 Å². The van der Waals surface area contributed by atoms with Gasteiger partial charge in [-0.25, -0.2) is 4.99 Å². The fourth-order valence-corrected chi connectivity index (χ4v) is 3.29. The Bertz CT molecular complexity index is 1120. The predicted molar refractivity (Wildman–Crippen MR) is 111 cm³/mol. The van der Waals surface area contributed by atoms with E-state index in [0.29, 0.717) is 27.4 Å². The number of nitrogens with zero attached hydrogens (tertiary/aromatic N) is 1. The summed E-state index contributed by atoms with van der Waals surface area (Å²) in [5, 5.41) is 2.84. The van der Waals surface area contributed by atoms with Gasteiger partial charge in [-0.05, 0) is 42.0 Å². The zero-order valence-electron chi connectivity index (χ0n) is 15.1. The van der Waals surface area contributed by atoms with E-state index in [4.69, 9.17) is 11.6 Å². The second kappa shape index (κ2) is 7.81. The number of aliphatic imine (C=N–C) groups is 1. The van der Waals surface area contributed by atoms with E-state index in [-0.39, 0.29) is 11.5 Å². The topological polar surface area (TPSA) is 75.6 Å². The first kappa shape index (κ1) is 18.8. The van der Waals surface area contributed by atoms with E-state index < -0.39 is 17.7 Å². The maximum atomic E-state index is 12.5. The van der Waals surface area contributed by atoms with E-state index in [1.165, 1.54) is 0 Å². The first-order valence-electron chi connectivity index (χ1n) is 8.92. The first-order valence-corrected chi connectivity index (χ1v) is 9.30. The number of hydrogen-bond acceptors (Lipinski definition) is 4. The third-order valence-corrected chi connectivity index (χ3v) is 4.88. The standard InChI is InChI=1S/C23H15ClN2O3/c24-17-10-6-14(7-11-17)19-20(23(29)26-22(19)28)25-18-12-8-16(9-13-18)21(27)15-4-2-1-3-5-15/h1-13,19H,(H,26,28,29). The molecule has 142 valence electrons. The van der Waals surface area contributed by atoms with Crippen molar-refractivity contribution < 1.29 is 14.4 Å². The van der Waals surface area contributed by atoms with E-state index in [1.54, 1.807) is 72.8 Å². The summed E-state index contributed by atoms with van der Waals surface area (Å²) in [5.41, 5.74) is 2.33. The van der Waals surface area contributed by atoms with Crippen molar-refractivity contribution in [2.75, 3.05) is 0 Å². The Balaban J connectivity index is 1.63. The van der Waals surface area contributed by atoms with Gasteiger partial charge in [0.05, 0.1) is 5.69 Å². The van der Waals surface area contributed by atoms with Crippen LogP contribution in [0.5, 0.6) is 0 Å². The van der Waals surface area contributed by atoms with Gasteiger partial charge in [-0.15, -0.1) is 0 Å². The highest BCUT2D eigenvalue weighted by molar-refractivity contribution is 6.52. The number of hydrogen-bond donors (Lipinski definition) is 1. The summed E-state index contributed by atoms with van der Waals surface area (Å²) in [4.78, 5) is 41.4. The molecular formula is C23H15ClN2O3. The number of benzene rings is 3. The predicted octanol–water partition coefficient (Wildman–Crippen LogP) is 4.08. The fourth-order valence-electron chi connectivity index (χ4n) is 3.17. The third-order valence-electron chi connectivity index (χ3n) is 4.62. The molecular weight excluding hydrogens is 388 g/mol. The largest absolute Gasteiger partial charge is 0.290 e. The Kier molecular flexibility index (Phi) is 5.06. The summed E-state index contributed by atoms with van der Waals surface area (Å²) in [6.07, 6.45) is 0. The van der Waals surface area contributed by atoms with Crippen LogP contribution >= 0.6 is 11.6 Å². The minimum atomic E-state index is -0.801. The van der Waals surface area contributed by atoms with Crippen LogP contribution in [0.25, 0.3) is 0 Å². The van der Waals surface area contributed by atoms with Crippen molar-refractivity contribution in [1.29, 1.82) is 0 Å². The summed E-state index contributed by atoms with van der Waals surface area (Å²) in [5.74, 6) is -1.85. The lowest BCUT2D eigenvalue weighted by Crippen LogP contribution is -2.22. The second-order valence-corrected chi connectivity index (χ2v) is 6.98. The monoisotopic (exact) mass is 402 g/mol. The second-order valence-electron chi connectivity index (χ2n) is 6.54. The smallest absolute Gasteiger partial charge is 0.273 e. The Morgan fingerprint density at radius 3 is 2.10 bits per heavy atom. The number of imide groups is 1. The van der Waals surface area contributed by atoms with Crippen LogP contribution in [0.1, 0.15) is 27.4 Å². The van der Waals surface area contributed by atoms with Gasteiger partial charge in [0.15, 0.2) is 5.78 Å². The molecule has 2 amide bonds. The molecule has 1 fully saturated rings. The van der Waals surface area contributed by atoms with Crippen LogP contribution in [-0.4, -0.2) is 23.3 Å². The van der Waals surface area contributed by atoms with Gasteiger partial charge in [0.2, 0.25) is 5.91 Å². The van der Waals surface area contributed by atoms with Gasteiger partial charge in [0.1, 0.15) is 11.6 Å². The minimum absolute atomic E-state index is 0.0994. The molecule has 3 aromatic carbocycles. The van der Waals surface area contributed by atoms with Gasteiger partial charge in [-0.1, -0.05) is 54.1 Å². The third kappa shape index (κ3) is 3.86. The quantitative estimate of drug-likeness (QED) is 0.527. The van der Waals surface area contributed by atoms with E-state index in [9.17, 15) is 14.4 Å². The normalized spacial score (nSPS) is 17.4. The summed E-state index contributed by atoms with van der Waals surface area (Å²) in [6, 6.07) is 22.3. The molecule has 1 heterocycles. The number of rotatable bonds is 4. The molecule has 4 rings (SSSR count). The van der Waals surface area contributed by atoms with Crippen LogP contribution in [0.4, 0.5) is 5.69 Å². The number of carbonyl (C=O) groups excluding carboxylic acids is 3. The molecule has 1 atom stereocenters. The molecule has 0 bridgehead atoms. The van der Waals surface area contributed by atoms with Gasteiger partial charge in [-0.2, -0.15) is 0 Å². The van der Waals surface area contributed by atoms with Crippen molar-refractivity contribution in [1.82, 2.24) is 5.32 Å². The van der Waals surface area contributed by atoms with Crippen molar-refractivity contribution in [3.63, 3.8) is 0 Å². The van der Waals surface area contributed by atoms with Gasteiger partial charge in [-0.3, -0.25) is 19.7 Å². The van der Waals surface area contributed by atoms with Crippen molar-refractivity contribution in [2.24, 2.45) is 4.99 Å². The van der Waals surface area contributed by atoms with E-state index in [2.05, 4.69) is 10.3 Å². The molecule has 0 spiro atoms. The zero-order chi connectivity index (χ0) is 20.4. The number of amides is 2.